The minimum absolute atomic E-state index is 0.276. The number of hydrogen-bond donors (Lipinski definition) is 1. The topological polar surface area (TPSA) is 52.2 Å². The molecule has 0 aliphatic heterocycles. The predicted molar refractivity (Wildman–Crippen MR) is 180 cm³/mol. The Morgan fingerprint density at radius 1 is 0.949 bits per heavy atom. The molecule has 1 aromatic rings. The molecular formula is C28H58N2O4Si5. The van der Waals surface area contributed by atoms with Crippen LogP contribution in [0.3, 0.4) is 0 Å². The molecule has 1 aromatic carbocycles. The summed E-state index contributed by atoms with van der Waals surface area (Å²) in [6, 6.07) is 4.86. The van der Waals surface area contributed by atoms with Crippen LogP contribution in [0.15, 0.2) is 6.07 Å². The second-order valence-corrected chi connectivity index (χ2v) is 24.8. The Morgan fingerprint density at radius 3 is 2.00 bits per heavy atom. The van der Waals surface area contributed by atoms with Gasteiger partial charge in [-0.15, -0.1) is 0 Å². The number of hydrogen-bond acceptors (Lipinski definition) is 6. The standard InChI is InChI=1S/C28H58N2O4Si5/c1-14-30(15-2)27-24(17-19-35-22-29-18-16-20-38(12,31-4)32-5)26(36(8)9)21-25(28(27)37(10)11)23(3)39(13,33-6)34-7/h21,23,29H,14-20,22H2,1-13H3. The van der Waals surface area contributed by atoms with Crippen molar-refractivity contribution in [2.75, 3.05) is 59.1 Å². The lowest BCUT2D eigenvalue weighted by molar-refractivity contribution is 0.240. The molecule has 0 saturated carbocycles. The van der Waals surface area contributed by atoms with Crippen LogP contribution in [0, 0.1) is 0 Å². The van der Waals surface area contributed by atoms with Crippen LogP contribution < -0.4 is 20.6 Å². The van der Waals surface area contributed by atoms with E-state index in [-0.39, 0.29) is 5.54 Å². The second kappa shape index (κ2) is 17.8. The largest absolute Gasteiger partial charge is 0.398 e. The first-order valence-electron chi connectivity index (χ1n) is 14.6. The van der Waals surface area contributed by atoms with E-state index < -0.39 is 34.7 Å². The average molecular weight is 627 g/mol. The molecule has 0 aromatic heterocycles. The summed E-state index contributed by atoms with van der Waals surface area (Å²) in [6.07, 6.45) is 3.36. The van der Waals surface area contributed by atoms with Gasteiger partial charge in [-0.05, 0) is 74.9 Å². The van der Waals surface area contributed by atoms with Gasteiger partial charge in [-0.1, -0.05) is 50.4 Å². The summed E-state index contributed by atoms with van der Waals surface area (Å²) in [7, 11) is 2.45. The maximum absolute atomic E-state index is 6.08. The highest BCUT2D eigenvalue weighted by molar-refractivity contribution is 6.76. The van der Waals surface area contributed by atoms with Gasteiger partial charge in [-0.2, -0.15) is 0 Å². The molecule has 0 heterocycles. The molecule has 6 nitrogen and oxygen atoms in total. The lowest BCUT2D eigenvalue weighted by Gasteiger charge is -2.37. The van der Waals surface area contributed by atoms with Gasteiger partial charge in [-0.3, -0.25) is 0 Å². The van der Waals surface area contributed by atoms with Crippen LogP contribution in [0.5, 0.6) is 0 Å². The zero-order valence-electron chi connectivity index (χ0n) is 27.4. The third-order valence-corrected chi connectivity index (χ3v) is 18.9. The summed E-state index contributed by atoms with van der Waals surface area (Å²) in [6.45, 7) is 24.3. The van der Waals surface area contributed by atoms with Crippen LogP contribution in [-0.4, -0.2) is 98.5 Å². The highest BCUT2D eigenvalue weighted by Gasteiger charge is 2.40. The van der Waals surface area contributed by atoms with Gasteiger partial charge in [-0.25, -0.2) is 0 Å². The number of nitrogens with zero attached hydrogens (tertiary/aromatic N) is 1. The second-order valence-electron chi connectivity index (χ2n) is 11.1. The third-order valence-electron chi connectivity index (χ3n) is 8.27. The molecule has 0 aliphatic carbocycles. The van der Waals surface area contributed by atoms with Gasteiger partial charge in [0.2, 0.25) is 0 Å². The van der Waals surface area contributed by atoms with Gasteiger partial charge < -0.3 is 27.9 Å². The van der Waals surface area contributed by atoms with E-state index in [0.29, 0.717) is 0 Å². The zero-order chi connectivity index (χ0) is 29.8. The Kier molecular flexibility index (Phi) is 16.8. The molecule has 1 unspecified atom stereocenters. The lowest BCUT2D eigenvalue weighted by atomic mass is 10.0. The van der Waals surface area contributed by atoms with Crippen molar-refractivity contribution in [3.05, 3.63) is 17.2 Å². The molecule has 0 spiro atoms. The highest BCUT2D eigenvalue weighted by Crippen LogP contribution is 2.31. The van der Waals surface area contributed by atoms with Crippen LogP contribution in [0.4, 0.5) is 5.69 Å². The fourth-order valence-electron chi connectivity index (χ4n) is 5.20. The summed E-state index contributed by atoms with van der Waals surface area (Å²) < 4.78 is 23.4. The summed E-state index contributed by atoms with van der Waals surface area (Å²) in [5, 5.41) is 6.89. The van der Waals surface area contributed by atoms with Gasteiger partial charge >= 0.3 is 17.1 Å². The maximum Gasteiger partial charge on any atom is 0.341 e. The number of anilines is 1. The summed E-state index contributed by atoms with van der Waals surface area (Å²) in [4.78, 5) is 2.64. The van der Waals surface area contributed by atoms with Crippen molar-refractivity contribution in [1.82, 2.24) is 5.32 Å². The minimum Gasteiger partial charge on any atom is -0.398 e. The van der Waals surface area contributed by atoms with Crippen LogP contribution in [-0.2, 0) is 24.1 Å². The molecular weight excluding hydrogens is 569 g/mol. The van der Waals surface area contributed by atoms with E-state index >= 15 is 0 Å². The van der Waals surface area contributed by atoms with Gasteiger partial charge in [0.1, 0.15) is 0 Å². The SMILES string of the molecule is CCN(CC)c1c(CC[Si]CNCCC[Si](C)(OC)OC)c([Si](C)C)cc(C(C)[Si](C)(OC)OC)c1[Si](C)C. The number of nitrogens with one attached hydrogen (secondary N) is 1. The van der Waals surface area contributed by atoms with Crippen molar-refractivity contribution in [3.63, 3.8) is 0 Å². The monoisotopic (exact) mass is 626 g/mol. The summed E-state index contributed by atoms with van der Waals surface area (Å²) in [5.41, 5.74) is 4.94. The fourth-order valence-corrected chi connectivity index (χ4v) is 12.3. The Morgan fingerprint density at radius 2 is 1.54 bits per heavy atom. The van der Waals surface area contributed by atoms with Gasteiger partial charge in [0.25, 0.3) is 0 Å². The highest BCUT2D eigenvalue weighted by atomic mass is 28.4. The molecule has 0 fully saturated rings. The van der Waals surface area contributed by atoms with Crippen molar-refractivity contribution in [1.29, 1.82) is 0 Å². The first-order chi connectivity index (χ1) is 18.4. The van der Waals surface area contributed by atoms with Crippen molar-refractivity contribution in [2.24, 2.45) is 0 Å². The van der Waals surface area contributed by atoms with E-state index in [1.807, 2.05) is 14.2 Å². The summed E-state index contributed by atoms with van der Waals surface area (Å²) >= 11 is 0. The Bertz CT molecular complexity index is 848. The van der Waals surface area contributed by atoms with Crippen molar-refractivity contribution in [3.8, 4) is 0 Å². The van der Waals surface area contributed by atoms with Gasteiger partial charge in [0.15, 0.2) is 0 Å². The Labute approximate surface area is 249 Å². The molecule has 224 valence electrons. The minimum atomic E-state index is -2.35. The Hall–Kier alpha value is -0.0956. The van der Waals surface area contributed by atoms with Gasteiger partial charge in [0.05, 0.1) is 27.1 Å². The molecule has 1 rings (SSSR count). The zero-order valence-corrected chi connectivity index (χ0v) is 32.4. The third kappa shape index (κ3) is 10.00. The molecule has 11 heteroatoms. The van der Waals surface area contributed by atoms with E-state index in [1.165, 1.54) is 11.6 Å². The molecule has 39 heavy (non-hydrogen) atoms. The smallest absolute Gasteiger partial charge is 0.341 e. The van der Waals surface area contributed by atoms with Crippen molar-refractivity contribution >= 4 is 60.3 Å². The van der Waals surface area contributed by atoms with Crippen LogP contribution in [0.2, 0.25) is 51.4 Å². The average Bonchev–Trinajstić information content (AvgIpc) is 2.93. The van der Waals surface area contributed by atoms with E-state index in [2.05, 4.69) is 76.3 Å². The maximum atomic E-state index is 6.08. The molecule has 0 saturated heterocycles. The molecule has 4 radical (unpaired) electrons. The van der Waals surface area contributed by atoms with Gasteiger partial charge in [0, 0.05) is 52.8 Å². The van der Waals surface area contributed by atoms with Crippen LogP contribution in [0.25, 0.3) is 0 Å². The molecule has 1 N–H and O–H groups in total. The van der Waals surface area contributed by atoms with E-state index in [4.69, 9.17) is 17.7 Å². The van der Waals surface area contributed by atoms with E-state index in [0.717, 1.165) is 54.2 Å². The van der Waals surface area contributed by atoms with Crippen molar-refractivity contribution < 1.29 is 17.7 Å². The number of rotatable bonds is 20. The first kappa shape index (κ1) is 36.9. The molecule has 0 aliphatic rings. The lowest BCUT2D eigenvalue weighted by Crippen LogP contribution is -2.48. The normalized spacial score (nSPS) is 13.5. The first-order valence-corrected chi connectivity index (χ1v) is 25.9. The quantitative estimate of drug-likeness (QED) is 0.171. The van der Waals surface area contributed by atoms with Crippen molar-refractivity contribution in [2.45, 2.75) is 90.5 Å². The molecule has 0 bridgehead atoms. The fraction of sp³-hybridized carbons (Fsp3) is 0.786. The molecule has 1 atom stereocenters. The van der Waals surface area contributed by atoms with E-state index in [1.54, 1.807) is 35.8 Å². The Balaban J connectivity index is 3.28. The molecule has 0 amide bonds. The number of benzene rings is 1. The van der Waals surface area contributed by atoms with Crippen LogP contribution in [0.1, 0.15) is 43.9 Å². The van der Waals surface area contributed by atoms with Crippen LogP contribution >= 0.6 is 0 Å². The van der Waals surface area contributed by atoms with E-state index in [9.17, 15) is 0 Å². The summed E-state index contributed by atoms with van der Waals surface area (Å²) in [5.74, 6) is 0. The predicted octanol–water partition coefficient (Wildman–Crippen LogP) is 4.43.